The SMILES string of the molecule is N#CC1C(=N)Oc2c(ccc3ccccc23)C1c1cccc(OC(F)(F)F)c1. The molecule has 0 fully saturated rings. The quantitative estimate of drug-likeness (QED) is 0.647. The van der Waals surface area contributed by atoms with Gasteiger partial charge in [-0.15, -0.1) is 13.2 Å². The highest BCUT2D eigenvalue weighted by Gasteiger charge is 2.38. The second-order valence-corrected chi connectivity index (χ2v) is 6.38. The lowest BCUT2D eigenvalue weighted by atomic mass is 9.78. The van der Waals surface area contributed by atoms with Crippen LogP contribution in [-0.2, 0) is 0 Å². The van der Waals surface area contributed by atoms with Gasteiger partial charge in [-0.2, -0.15) is 5.26 Å². The van der Waals surface area contributed by atoms with Crippen molar-refractivity contribution in [2.45, 2.75) is 12.3 Å². The molecule has 0 aliphatic carbocycles. The summed E-state index contributed by atoms with van der Waals surface area (Å²) in [5.41, 5.74) is 1.09. The Morgan fingerprint density at radius 2 is 1.82 bits per heavy atom. The summed E-state index contributed by atoms with van der Waals surface area (Å²) in [7, 11) is 0. The summed E-state index contributed by atoms with van der Waals surface area (Å²) in [6.07, 6.45) is -4.82. The molecule has 1 aliphatic rings. The van der Waals surface area contributed by atoms with E-state index in [1.807, 2.05) is 36.4 Å². The van der Waals surface area contributed by atoms with Crippen LogP contribution in [0.1, 0.15) is 17.0 Å². The maximum atomic E-state index is 12.6. The second kappa shape index (κ2) is 6.57. The van der Waals surface area contributed by atoms with Crippen LogP contribution in [0.5, 0.6) is 11.5 Å². The van der Waals surface area contributed by atoms with Crippen LogP contribution >= 0.6 is 0 Å². The first-order valence-electron chi connectivity index (χ1n) is 8.40. The van der Waals surface area contributed by atoms with Crippen LogP contribution in [0.2, 0.25) is 0 Å². The van der Waals surface area contributed by atoms with Gasteiger partial charge in [-0.3, -0.25) is 5.41 Å². The van der Waals surface area contributed by atoms with Gasteiger partial charge in [0.25, 0.3) is 0 Å². The summed E-state index contributed by atoms with van der Waals surface area (Å²) in [4.78, 5) is 0. The van der Waals surface area contributed by atoms with Gasteiger partial charge in [0.05, 0.1) is 6.07 Å². The third kappa shape index (κ3) is 3.14. The molecule has 0 bridgehead atoms. The number of rotatable bonds is 2. The van der Waals surface area contributed by atoms with Crippen molar-refractivity contribution in [2.75, 3.05) is 0 Å². The number of nitriles is 1. The molecule has 3 aromatic carbocycles. The molecule has 0 saturated carbocycles. The number of benzene rings is 3. The molecule has 140 valence electrons. The number of fused-ring (bicyclic) bond motifs is 3. The van der Waals surface area contributed by atoms with Gasteiger partial charge in [-0.1, -0.05) is 48.5 Å². The Bertz CT molecular complexity index is 1120. The van der Waals surface area contributed by atoms with E-state index in [2.05, 4.69) is 4.74 Å². The average Bonchev–Trinajstić information content (AvgIpc) is 2.65. The van der Waals surface area contributed by atoms with Crippen molar-refractivity contribution in [3.63, 3.8) is 0 Å². The lowest BCUT2D eigenvalue weighted by Crippen LogP contribution is -2.31. The molecule has 1 N–H and O–H groups in total. The minimum Gasteiger partial charge on any atom is -0.441 e. The van der Waals surface area contributed by atoms with E-state index in [0.717, 1.165) is 10.8 Å². The number of alkyl halides is 3. The van der Waals surface area contributed by atoms with Gasteiger partial charge in [0.1, 0.15) is 17.4 Å². The number of hydrogen-bond donors (Lipinski definition) is 1. The van der Waals surface area contributed by atoms with Gasteiger partial charge in [0, 0.05) is 16.9 Å². The molecule has 0 amide bonds. The molecule has 1 aliphatic heterocycles. The standard InChI is InChI=1S/C21H13F3N2O2/c22-21(23,24)28-14-6-3-5-13(10-14)18-16-9-8-12-4-1-2-7-15(12)19(16)27-20(26)17(18)11-25/h1-10,17-18,26H. The highest BCUT2D eigenvalue weighted by atomic mass is 19.4. The topological polar surface area (TPSA) is 66.1 Å². The molecule has 1 heterocycles. The van der Waals surface area contributed by atoms with Crippen LogP contribution < -0.4 is 9.47 Å². The van der Waals surface area contributed by atoms with Crippen molar-refractivity contribution < 1.29 is 22.6 Å². The first-order chi connectivity index (χ1) is 13.4. The summed E-state index contributed by atoms with van der Waals surface area (Å²) in [6.45, 7) is 0. The molecular weight excluding hydrogens is 369 g/mol. The Labute approximate surface area is 158 Å². The summed E-state index contributed by atoms with van der Waals surface area (Å²) in [5, 5.41) is 19.5. The Morgan fingerprint density at radius 3 is 2.57 bits per heavy atom. The van der Waals surface area contributed by atoms with E-state index in [-0.39, 0.29) is 11.6 Å². The molecule has 3 aromatic rings. The van der Waals surface area contributed by atoms with Crippen molar-refractivity contribution >= 4 is 16.7 Å². The molecule has 2 unspecified atom stereocenters. The zero-order valence-corrected chi connectivity index (χ0v) is 14.3. The molecule has 7 heteroatoms. The average molecular weight is 382 g/mol. The Kier molecular flexibility index (Phi) is 4.19. The van der Waals surface area contributed by atoms with Crippen LogP contribution in [0, 0.1) is 22.7 Å². The van der Waals surface area contributed by atoms with Crippen LogP contribution in [0.25, 0.3) is 10.8 Å². The van der Waals surface area contributed by atoms with E-state index in [1.54, 1.807) is 12.1 Å². The first kappa shape index (κ1) is 17.9. The molecule has 0 spiro atoms. The third-order valence-corrected chi connectivity index (χ3v) is 4.66. The van der Waals surface area contributed by atoms with Crippen LogP contribution in [-0.4, -0.2) is 12.3 Å². The highest BCUT2D eigenvalue weighted by Crippen LogP contribution is 2.45. The van der Waals surface area contributed by atoms with Gasteiger partial charge in [-0.05, 0) is 23.1 Å². The van der Waals surface area contributed by atoms with Gasteiger partial charge in [-0.25, -0.2) is 0 Å². The summed E-state index contributed by atoms with van der Waals surface area (Å²) >= 11 is 0. The van der Waals surface area contributed by atoms with Gasteiger partial charge in [0.15, 0.2) is 0 Å². The Balaban J connectivity index is 1.89. The van der Waals surface area contributed by atoms with Gasteiger partial charge in [0.2, 0.25) is 5.90 Å². The summed E-state index contributed by atoms with van der Waals surface area (Å²) in [6, 6.07) is 18.6. The maximum Gasteiger partial charge on any atom is 0.573 e. The monoisotopic (exact) mass is 382 g/mol. The fraction of sp³-hybridized carbons (Fsp3) is 0.143. The molecule has 4 rings (SSSR count). The fourth-order valence-corrected chi connectivity index (χ4v) is 3.53. The molecule has 4 nitrogen and oxygen atoms in total. The largest absolute Gasteiger partial charge is 0.573 e. The summed E-state index contributed by atoms with van der Waals surface area (Å²) < 4.78 is 47.5. The molecule has 0 radical (unpaired) electrons. The van der Waals surface area contributed by atoms with E-state index in [1.165, 1.54) is 18.2 Å². The van der Waals surface area contributed by atoms with E-state index in [4.69, 9.17) is 10.1 Å². The van der Waals surface area contributed by atoms with E-state index < -0.39 is 18.2 Å². The van der Waals surface area contributed by atoms with Crippen molar-refractivity contribution in [3.8, 4) is 17.6 Å². The number of ether oxygens (including phenoxy) is 2. The van der Waals surface area contributed by atoms with Crippen LogP contribution in [0.3, 0.4) is 0 Å². The van der Waals surface area contributed by atoms with Crippen molar-refractivity contribution in [3.05, 3.63) is 71.8 Å². The highest BCUT2D eigenvalue weighted by molar-refractivity contribution is 5.95. The van der Waals surface area contributed by atoms with E-state index in [0.29, 0.717) is 16.9 Å². The molecule has 0 saturated heterocycles. The summed E-state index contributed by atoms with van der Waals surface area (Å²) in [5.74, 6) is -1.78. The Hall–Kier alpha value is -3.53. The van der Waals surface area contributed by atoms with Crippen LogP contribution in [0.4, 0.5) is 13.2 Å². The normalized spacial score (nSPS) is 18.9. The number of nitrogens with one attached hydrogen (secondary N) is 1. The van der Waals surface area contributed by atoms with Gasteiger partial charge >= 0.3 is 6.36 Å². The fourth-order valence-electron chi connectivity index (χ4n) is 3.53. The minimum absolute atomic E-state index is 0.238. The van der Waals surface area contributed by atoms with Crippen molar-refractivity contribution in [1.82, 2.24) is 0 Å². The van der Waals surface area contributed by atoms with Crippen molar-refractivity contribution in [1.29, 1.82) is 10.7 Å². The molecule has 28 heavy (non-hydrogen) atoms. The first-order valence-corrected chi connectivity index (χ1v) is 8.40. The zero-order chi connectivity index (χ0) is 19.9. The van der Waals surface area contributed by atoms with Gasteiger partial charge < -0.3 is 9.47 Å². The third-order valence-electron chi connectivity index (χ3n) is 4.66. The lowest BCUT2D eigenvalue weighted by molar-refractivity contribution is -0.274. The maximum absolute atomic E-state index is 12.6. The lowest BCUT2D eigenvalue weighted by Gasteiger charge is -2.31. The second-order valence-electron chi connectivity index (χ2n) is 6.38. The predicted molar refractivity (Wildman–Crippen MR) is 96.4 cm³/mol. The van der Waals surface area contributed by atoms with E-state index >= 15 is 0 Å². The molecule has 0 aromatic heterocycles. The van der Waals surface area contributed by atoms with Crippen LogP contribution in [0.15, 0.2) is 60.7 Å². The number of nitrogens with zero attached hydrogens (tertiary/aromatic N) is 1. The van der Waals surface area contributed by atoms with Crippen molar-refractivity contribution in [2.24, 2.45) is 5.92 Å². The Morgan fingerprint density at radius 1 is 1.04 bits per heavy atom. The molecule has 2 atom stereocenters. The zero-order valence-electron chi connectivity index (χ0n) is 14.3. The minimum atomic E-state index is -4.82. The smallest absolute Gasteiger partial charge is 0.441 e. The number of halogens is 3. The van der Waals surface area contributed by atoms with E-state index in [9.17, 15) is 18.4 Å². The number of hydrogen-bond acceptors (Lipinski definition) is 4. The predicted octanol–water partition coefficient (Wildman–Crippen LogP) is 5.38. The molecular formula is C21H13F3N2O2.